The zero-order valence-electron chi connectivity index (χ0n) is 10.7. The van der Waals surface area contributed by atoms with Crippen LogP contribution in [-0.4, -0.2) is 4.57 Å². The van der Waals surface area contributed by atoms with Crippen molar-refractivity contribution in [2.24, 2.45) is 13.0 Å². The van der Waals surface area contributed by atoms with Crippen molar-refractivity contribution < 1.29 is 0 Å². The molecule has 1 aromatic carbocycles. The van der Waals surface area contributed by atoms with E-state index in [2.05, 4.69) is 56.7 Å². The van der Waals surface area contributed by atoms with Crippen molar-refractivity contribution in [3.8, 4) is 0 Å². The molecular weight excluding hydrogens is 194 g/mol. The molecule has 0 aliphatic rings. The van der Waals surface area contributed by atoms with E-state index in [0.29, 0.717) is 0 Å². The number of fused-ring (bicyclic) bond motifs is 1. The van der Waals surface area contributed by atoms with Gasteiger partial charge in [-0.3, -0.25) is 0 Å². The molecule has 0 spiro atoms. The zero-order chi connectivity index (χ0) is 11.7. The quantitative estimate of drug-likeness (QED) is 0.731. The number of rotatable bonds is 3. The third-order valence-corrected chi connectivity index (χ3v) is 3.29. The molecule has 86 valence electrons. The number of aryl methyl sites for hydroxylation is 1. The van der Waals surface area contributed by atoms with Gasteiger partial charge in [0.15, 0.2) is 0 Å². The number of benzene rings is 1. The van der Waals surface area contributed by atoms with Crippen LogP contribution in [0.25, 0.3) is 10.9 Å². The molecule has 1 aromatic heterocycles. The molecule has 2 aromatic rings. The second-order valence-electron chi connectivity index (χ2n) is 4.95. The summed E-state index contributed by atoms with van der Waals surface area (Å²) in [5, 5.41) is 1.44. The first kappa shape index (κ1) is 11.3. The Morgan fingerprint density at radius 1 is 1.19 bits per heavy atom. The van der Waals surface area contributed by atoms with Crippen LogP contribution in [0.1, 0.15) is 32.0 Å². The van der Waals surface area contributed by atoms with Crippen LogP contribution in [0, 0.1) is 5.92 Å². The molecule has 0 fully saturated rings. The van der Waals surface area contributed by atoms with E-state index in [4.69, 9.17) is 0 Å². The number of hydrogen-bond acceptors (Lipinski definition) is 0. The molecule has 0 atom stereocenters. The highest BCUT2D eigenvalue weighted by Crippen LogP contribution is 2.27. The van der Waals surface area contributed by atoms with Crippen molar-refractivity contribution in [2.75, 3.05) is 0 Å². The van der Waals surface area contributed by atoms with E-state index in [9.17, 15) is 0 Å². The summed E-state index contributed by atoms with van der Waals surface area (Å²) in [6, 6.07) is 8.75. The predicted octanol–water partition coefficient (Wildman–Crippen LogP) is 3.94. The monoisotopic (exact) mass is 215 g/mol. The topological polar surface area (TPSA) is 4.93 Å². The predicted molar refractivity (Wildman–Crippen MR) is 70.8 cm³/mol. The van der Waals surface area contributed by atoms with Gasteiger partial charge in [-0.2, -0.15) is 0 Å². The van der Waals surface area contributed by atoms with Crippen molar-refractivity contribution in [3.05, 3.63) is 35.5 Å². The van der Waals surface area contributed by atoms with Crippen LogP contribution in [0.15, 0.2) is 24.3 Å². The highest BCUT2D eigenvalue weighted by molar-refractivity contribution is 5.85. The Morgan fingerprint density at radius 3 is 2.50 bits per heavy atom. The van der Waals surface area contributed by atoms with Crippen molar-refractivity contribution >= 4 is 10.9 Å². The number of para-hydroxylation sites is 1. The maximum absolute atomic E-state index is 2.35. The lowest BCUT2D eigenvalue weighted by molar-refractivity contribution is 0.642. The molecule has 2 rings (SSSR count). The highest BCUT2D eigenvalue weighted by Gasteiger charge is 2.13. The molecule has 1 heterocycles. The molecule has 16 heavy (non-hydrogen) atoms. The van der Waals surface area contributed by atoms with Gasteiger partial charge in [0.25, 0.3) is 0 Å². The Kier molecular flexibility index (Phi) is 3.04. The average molecular weight is 215 g/mol. The average Bonchev–Trinajstić information content (AvgIpc) is 2.52. The van der Waals surface area contributed by atoms with Crippen molar-refractivity contribution in [1.82, 2.24) is 4.57 Å². The molecule has 0 radical (unpaired) electrons. The zero-order valence-corrected chi connectivity index (χ0v) is 10.7. The van der Waals surface area contributed by atoms with Gasteiger partial charge in [-0.1, -0.05) is 39.0 Å². The number of hydrogen-bond donors (Lipinski definition) is 0. The lowest BCUT2D eigenvalue weighted by Gasteiger charge is -2.07. The molecule has 0 unspecified atom stereocenters. The van der Waals surface area contributed by atoms with Crippen molar-refractivity contribution in [3.63, 3.8) is 0 Å². The SMILES string of the molecule is CCc1c(CC(C)C)c2ccccc2n1C. The van der Waals surface area contributed by atoms with Crippen LogP contribution < -0.4 is 0 Å². The summed E-state index contributed by atoms with van der Waals surface area (Å²) in [5.41, 5.74) is 4.42. The van der Waals surface area contributed by atoms with Gasteiger partial charge >= 0.3 is 0 Å². The summed E-state index contributed by atoms with van der Waals surface area (Å²) in [4.78, 5) is 0. The van der Waals surface area contributed by atoms with Gasteiger partial charge in [0.2, 0.25) is 0 Å². The third kappa shape index (κ3) is 1.75. The van der Waals surface area contributed by atoms with E-state index in [1.165, 1.54) is 23.0 Å². The van der Waals surface area contributed by atoms with E-state index in [1.54, 1.807) is 5.56 Å². The molecule has 0 aliphatic carbocycles. The van der Waals surface area contributed by atoms with E-state index >= 15 is 0 Å². The fourth-order valence-electron chi connectivity index (χ4n) is 2.61. The second-order valence-corrected chi connectivity index (χ2v) is 4.95. The lowest BCUT2D eigenvalue weighted by Crippen LogP contribution is -2.00. The van der Waals surface area contributed by atoms with Crippen LogP contribution >= 0.6 is 0 Å². The minimum Gasteiger partial charge on any atom is -0.347 e. The maximum Gasteiger partial charge on any atom is 0.0482 e. The van der Waals surface area contributed by atoms with Gasteiger partial charge in [0, 0.05) is 23.6 Å². The third-order valence-electron chi connectivity index (χ3n) is 3.29. The van der Waals surface area contributed by atoms with E-state index < -0.39 is 0 Å². The molecule has 0 aliphatic heterocycles. The molecule has 1 heteroatoms. The van der Waals surface area contributed by atoms with Gasteiger partial charge in [0.1, 0.15) is 0 Å². The molecule has 0 saturated carbocycles. The first-order valence-corrected chi connectivity index (χ1v) is 6.20. The summed E-state index contributed by atoms with van der Waals surface area (Å²) in [5.74, 6) is 0.719. The molecular formula is C15H21N. The lowest BCUT2D eigenvalue weighted by atomic mass is 9.99. The Balaban J connectivity index is 2.68. The minimum absolute atomic E-state index is 0.719. The largest absolute Gasteiger partial charge is 0.347 e. The molecule has 0 N–H and O–H groups in total. The summed E-state index contributed by atoms with van der Waals surface area (Å²) >= 11 is 0. The van der Waals surface area contributed by atoms with Crippen LogP contribution in [0.2, 0.25) is 0 Å². The Bertz CT molecular complexity index is 491. The van der Waals surface area contributed by atoms with E-state index in [0.717, 1.165) is 12.3 Å². The first-order chi connectivity index (χ1) is 7.65. The van der Waals surface area contributed by atoms with Crippen molar-refractivity contribution in [2.45, 2.75) is 33.6 Å². The summed E-state index contributed by atoms with van der Waals surface area (Å²) in [6.07, 6.45) is 2.30. The first-order valence-electron chi connectivity index (χ1n) is 6.20. The normalized spacial score (nSPS) is 11.6. The number of aromatic nitrogens is 1. The van der Waals surface area contributed by atoms with Gasteiger partial charge in [0.05, 0.1) is 0 Å². The van der Waals surface area contributed by atoms with Crippen LogP contribution in [0.5, 0.6) is 0 Å². The Morgan fingerprint density at radius 2 is 1.88 bits per heavy atom. The Hall–Kier alpha value is -1.24. The van der Waals surface area contributed by atoms with Gasteiger partial charge in [-0.25, -0.2) is 0 Å². The van der Waals surface area contributed by atoms with Crippen LogP contribution in [0.3, 0.4) is 0 Å². The fraction of sp³-hybridized carbons (Fsp3) is 0.467. The van der Waals surface area contributed by atoms with Crippen LogP contribution in [-0.2, 0) is 19.9 Å². The van der Waals surface area contributed by atoms with Crippen molar-refractivity contribution in [1.29, 1.82) is 0 Å². The van der Waals surface area contributed by atoms with Crippen LogP contribution in [0.4, 0.5) is 0 Å². The van der Waals surface area contributed by atoms with Gasteiger partial charge in [-0.05, 0) is 30.4 Å². The molecule has 0 amide bonds. The fourth-order valence-corrected chi connectivity index (χ4v) is 2.61. The summed E-state index contributed by atoms with van der Waals surface area (Å²) < 4.78 is 2.35. The van der Waals surface area contributed by atoms with E-state index in [-0.39, 0.29) is 0 Å². The molecule has 0 bridgehead atoms. The number of nitrogens with zero attached hydrogens (tertiary/aromatic N) is 1. The molecule has 0 saturated heterocycles. The summed E-state index contributed by atoms with van der Waals surface area (Å²) in [7, 11) is 2.19. The molecule has 1 nitrogen and oxygen atoms in total. The summed E-state index contributed by atoms with van der Waals surface area (Å²) in [6.45, 7) is 6.83. The highest BCUT2D eigenvalue weighted by atomic mass is 14.9. The smallest absolute Gasteiger partial charge is 0.0482 e. The van der Waals surface area contributed by atoms with Gasteiger partial charge < -0.3 is 4.57 Å². The van der Waals surface area contributed by atoms with Gasteiger partial charge in [-0.15, -0.1) is 0 Å². The minimum atomic E-state index is 0.719. The maximum atomic E-state index is 2.35. The van der Waals surface area contributed by atoms with E-state index in [1.807, 2.05) is 0 Å². The Labute approximate surface area is 98.1 Å². The standard InChI is InChI=1S/C15H21N/c1-5-14-13(10-11(2)3)12-8-6-7-9-15(12)16(14)4/h6-9,11H,5,10H2,1-4H3. The second kappa shape index (κ2) is 4.32.